The molecule has 1 rings (SSSR count). The maximum Gasteiger partial charge on any atom is 0.543 e. The molecule has 0 atom stereocenters. The zero-order valence-electron chi connectivity index (χ0n) is 15.5. The van der Waals surface area contributed by atoms with E-state index in [0.717, 1.165) is 18.4 Å². The van der Waals surface area contributed by atoms with Crippen LogP contribution in [0.5, 0.6) is 0 Å². The van der Waals surface area contributed by atoms with Crippen molar-refractivity contribution in [1.82, 2.24) is 0 Å². The van der Waals surface area contributed by atoms with Crippen LogP contribution in [-0.4, -0.2) is 18.7 Å². The Morgan fingerprint density at radius 1 is 0.960 bits per heavy atom. The predicted molar refractivity (Wildman–Crippen MR) is 92.7 cm³/mol. The van der Waals surface area contributed by atoms with Gasteiger partial charge in [0.15, 0.2) is 0 Å². The summed E-state index contributed by atoms with van der Waals surface area (Å²) in [7, 11) is 0. The molecule has 0 aliphatic rings. The molecule has 6 heteroatoms. The van der Waals surface area contributed by atoms with Crippen LogP contribution in [0.2, 0.25) is 0 Å². The third-order valence-corrected chi connectivity index (χ3v) is 3.34. The van der Waals surface area contributed by atoms with Crippen molar-refractivity contribution in [2.75, 3.05) is 6.61 Å². The fraction of sp³-hybridized carbons (Fsp3) is 0.579. The molecule has 0 saturated heterocycles. The number of carbonyl (C=O) groups excluding carboxylic acids is 2. The van der Waals surface area contributed by atoms with E-state index in [4.69, 9.17) is 4.74 Å². The van der Waals surface area contributed by atoms with Gasteiger partial charge in [0.1, 0.15) is 0 Å². The molecular weight excluding hydrogens is 324 g/mol. The van der Waals surface area contributed by atoms with Gasteiger partial charge in [-0.3, -0.25) is 4.89 Å². The van der Waals surface area contributed by atoms with Crippen LogP contribution in [0.25, 0.3) is 0 Å². The van der Waals surface area contributed by atoms with Gasteiger partial charge >= 0.3 is 12.1 Å². The fourth-order valence-electron chi connectivity index (χ4n) is 1.99. The molecule has 0 aliphatic carbocycles. The molecule has 0 aliphatic heterocycles. The van der Waals surface area contributed by atoms with Gasteiger partial charge in [0, 0.05) is 0 Å². The molecule has 0 amide bonds. The maximum absolute atomic E-state index is 11.8. The van der Waals surface area contributed by atoms with E-state index in [1.54, 1.807) is 12.1 Å². The van der Waals surface area contributed by atoms with Gasteiger partial charge in [0.2, 0.25) is 0 Å². The van der Waals surface area contributed by atoms with Gasteiger partial charge in [0.25, 0.3) is 0 Å². The van der Waals surface area contributed by atoms with E-state index in [9.17, 15) is 9.59 Å². The van der Waals surface area contributed by atoms with Crippen LogP contribution in [-0.2, 0) is 26.0 Å². The summed E-state index contributed by atoms with van der Waals surface area (Å²) in [4.78, 5) is 31.7. The Morgan fingerprint density at radius 2 is 1.64 bits per heavy atom. The SMILES string of the molecule is CCCCCCc1ccc(C(=O)OOOC(=O)OCC(C)(C)C)cc1. The number of benzene rings is 1. The topological polar surface area (TPSA) is 71.1 Å². The minimum absolute atomic E-state index is 0.156. The number of ether oxygens (including phenoxy) is 1. The molecule has 0 fully saturated rings. The van der Waals surface area contributed by atoms with Crippen molar-refractivity contribution in [2.24, 2.45) is 5.41 Å². The molecule has 0 aromatic heterocycles. The molecule has 1 aromatic rings. The first kappa shape index (κ1) is 21.0. The van der Waals surface area contributed by atoms with Gasteiger partial charge in [-0.05, 0) is 36.0 Å². The molecule has 0 radical (unpaired) electrons. The van der Waals surface area contributed by atoms with Crippen molar-refractivity contribution in [1.29, 1.82) is 0 Å². The van der Waals surface area contributed by atoms with E-state index >= 15 is 0 Å². The first-order valence-corrected chi connectivity index (χ1v) is 8.63. The number of carbonyl (C=O) groups is 2. The van der Waals surface area contributed by atoms with E-state index in [2.05, 4.69) is 21.7 Å². The Bertz CT molecular complexity index is 530. The lowest BCUT2D eigenvalue weighted by Crippen LogP contribution is -2.19. The largest absolute Gasteiger partial charge is 0.543 e. The summed E-state index contributed by atoms with van der Waals surface area (Å²) in [6.07, 6.45) is 4.69. The van der Waals surface area contributed by atoms with Crippen molar-refractivity contribution in [2.45, 2.75) is 59.8 Å². The first-order chi connectivity index (χ1) is 11.8. The lowest BCUT2D eigenvalue weighted by atomic mass is 9.99. The highest BCUT2D eigenvalue weighted by molar-refractivity contribution is 5.88. The zero-order valence-corrected chi connectivity index (χ0v) is 15.5. The van der Waals surface area contributed by atoms with E-state index in [1.165, 1.54) is 19.3 Å². The average Bonchev–Trinajstić information content (AvgIpc) is 2.57. The highest BCUT2D eigenvalue weighted by atomic mass is 17.5. The van der Waals surface area contributed by atoms with Gasteiger partial charge in [-0.1, -0.05) is 59.1 Å². The quantitative estimate of drug-likeness (QED) is 0.269. The number of unbranched alkanes of at least 4 members (excludes halogenated alkanes) is 3. The average molecular weight is 352 g/mol. The Morgan fingerprint density at radius 3 is 2.24 bits per heavy atom. The van der Waals surface area contributed by atoms with Crippen LogP contribution >= 0.6 is 0 Å². The molecule has 0 heterocycles. The molecule has 0 N–H and O–H groups in total. The van der Waals surface area contributed by atoms with Crippen molar-refractivity contribution >= 4 is 12.1 Å². The van der Waals surface area contributed by atoms with E-state index in [1.807, 2.05) is 32.9 Å². The predicted octanol–water partition coefficient (Wildman–Crippen LogP) is 5.01. The summed E-state index contributed by atoms with van der Waals surface area (Å²) >= 11 is 0. The highest BCUT2D eigenvalue weighted by Crippen LogP contribution is 2.13. The van der Waals surface area contributed by atoms with Crippen LogP contribution in [0, 0.1) is 5.41 Å². The standard InChI is InChI=1S/C19H28O6/c1-5-6-7-8-9-15-10-12-16(13-11-15)17(20)23-25-24-18(21)22-14-19(2,3)4/h10-13H,5-9,14H2,1-4H3. The minimum atomic E-state index is -1.06. The van der Waals surface area contributed by atoms with E-state index in [-0.39, 0.29) is 12.0 Å². The monoisotopic (exact) mass is 352 g/mol. The molecule has 0 saturated carbocycles. The molecule has 6 nitrogen and oxygen atoms in total. The summed E-state index contributed by atoms with van der Waals surface area (Å²) in [5, 5.41) is 4.17. The van der Waals surface area contributed by atoms with Crippen molar-refractivity contribution in [3.05, 3.63) is 35.4 Å². The van der Waals surface area contributed by atoms with E-state index < -0.39 is 12.1 Å². The molecule has 0 spiro atoms. The fourth-order valence-corrected chi connectivity index (χ4v) is 1.99. The number of hydrogen-bond acceptors (Lipinski definition) is 6. The van der Waals surface area contributed by atoms with Crippen molar-refractivity contribution in [3.8, 4) is 0 Å². The molecular formula is C19H28O6. The third kappa shape index (κ3) is 9.72. The van der Waals surface area contributed by atoms with Crippen LogP contribution < -0.4 is 0 Å². The summed E-state index contributed by atoms with van der Waals surface area (Å²) in [6, 6.07) is 7.06. The Balaban J connectivity index is 2.29. The normalized spacial score (nSPS) is 11.0. The Labute approximate surface area is 149 Å². The smallest absolute Gasteiger partial charge is 0.432 e. The van der Waals surface area contributed by atoms with Gasteiger partial charge in [0.05, 0.1) is 17.2 Å². The molecule has 1 aromatic carbocycles. The van der Waals surface area contributed by atoms with Crippen LogP contribution in [0.1, 0.15) is 69.3 Å². The number of rotatable bonds is 9. The second-order valence-corrected chi connectivity index (χ2v) is 7.13. The zero-order chi connectivity index (χ0) is 18.7. The van der Waals surface area contributed by atoms with E-state index in [0.29, 0.717) is 5.56 Å². The second kappa shape index (κ2) is 10.7. The lowest BCUT2D eigenvalue weighted by Gasteiger charge is -2.16. The molecule has 0 unspecified atom stereocenters. The molecule has 0 bridgehead atoms. The van der Waals surface area contributed by atoms with Gasteiger partial charge in [-0.15, -0.1) is 0 Å². The number of aryl methyl sites for hydroxylation is 1. The summed E-state index contributed by atoms with van der Waals surface area (Å²) < 4.78 is 4.79. The summed E-state index contributed by atoms with van der Waals surface area (Å²) in [5.41, 5.74) is 1.27. The molecule has 140 valence electrons. The lowest BCUT2D eigenvalue weighted by molar-refractivity contribution is -0.452. The van der Waals surface area contributed by atoms with Gasteiger partial charge in [-0.25, -0.2) is 14.5 Å². The van der Waals surface area contributed by atoms with Gasteiger partial charge in [-0.2, -0.15) is 0 Å². The van der Waals surface area contributed by atoms with Crippen molar-refractivity contribution < 1.29 is 29.1 Å². The second-order valence-electron chi connectivity index (χ2n) is 7.13. The number of hydrogen-bond donors (Lipinski definition) is 0. The Kier molecular flexibility index (Phi) is 8.99. The summed E-state index contributed by atoms with van der Waals surface area (Å²) in [5.74, 6) is -0.749. The van der Waals surface area contributed by atoms with Crippen LogP contribution in [0.3, 0.4) is 0 Å². The maximum atomic E-state index is 11.8. The first-order valence-electron chi connectivity index (χ1n) is 8.63. The van der Waals surface area contributed by atoms with Gasteiger partial charge < -0.3 is 4.74 Å². The molecule has 25 heavy (non-hydrogen) atoms. The van der Waals surface area contributed by atoms with Crippen LogP contribution in [0.4, 0.5) is 4.79 Å². The third-order valence-electron chi connectivity index (χ3n) is 3.34. The van der Waals surface area contributed by atoms with Crippen LogP contribution in [0.15, 0.2) is 24.3 Å². The highest BCUT2D eigenvalue weighted by Gasteiger charge is 2.16. The van der Waals surface area contributed by atoms with Crippen molar-refractivity contribution in [3.63, 3.8) is 0 Å². The Hall–Kier alpha value is -2.08. The minimum Gasteiger partial charge on any atom is -0.432 e. The summed E-state index contributed by atoms with van der Waals surface area (Å²) in [6.45, 7) is 8.03.